The third-order valence-electron chi connectivity index (χ3n) is 2.08. The van der Waals surface area contributed by atoms with Gasteiger partial charge in [-0.1, -0.05) is 30.9 Å². The lowest BCUT2D eigenvalue weighted by atomic mass is 10.0. The third-order valence-corrected chi connectivity index (χ3v) is 2.08. The van der Waals surface area contributed by atoms with Crippen molar-refractivity contribution in [3.8, 4) is 5.75 Å². The van der Waals surface area contributed by atoms with Crippen LogP contribution in [0.1, 0.15) is 23.6 Å². The van der Waals surface area contributed by atoms with Gasteiger partial charge in [0.15, 0.2) is 0 Å². The Morgan fingerprint density at radius 2 is 2.08 bits per heavy atom. The second-order valence-corrected chi connectivity index (χ2v) is 2.92. The van der Waals surface area contributed by atoms with Crippen molar-refractivity contribution >= 4 is 12.2 Å². The predicted molar refractivity (Wildman–Crippen MR) is 57.6 cm³/mol. The Morgan fingerprint density at radius 1 is 1.38 bits per heavy atom. The Morgan fingerprint density at radius 3 is 2.62 bits per heavy atom. The van der Waals surface area contributed by atoms with Gasteiger partial charge in [-0.3, -0.25) is 0 Å². The quantitative estimate of drug-likeness (QED) is 0.728. The van der Waals surface area contributed by atoms with Gasteiger partial charge < -0.3 is 5.11 Å². The maximum atomic E-state index is 9.49. The normalized spacial score (nSPS) is 10.6. The van der Waals surface area contributed by atoms with Crippen LogP contribution in [-0.4, -0.2) is 5.11 Å². The highest BCUT2D eigenvalue weighted by Gasteiger charge is 2.03. The average Bonchev–Trinajstić information content (AvgIpc) is 2.11. The first-order valence-electron chi connectivity index (χ1n) is 4.28. The monoisotopic (exact) mass is 174 g/mol. The van der Waals surface area contributed by atoms with Crippen LogP contribution in [-0.2, 0) is 0 Å². The molecule has 0 aromatic heterocycles. The van der Waals surface area contributed by atoms with E-state index in [1.165, 1.54) is 0 Å². The van der Waals surface area contributed by atoms with E-state index in [1.54, 1.807) is 12.1 Å². The molecule has 0 spiro atoms. The molecule has 0 fully saturated rings. The Bertz CT molecular complexity index is 348. The van der Waals surface area contributed by atoms with E-state index in [0.29, 0.717) is 5.75 Å². The molecule has 0 aliphatic carbocycles. The van der Waals surface area contributed by atoms with Gasteiger partial charge in [0.25, 0.3) is 0 Å². The molecule has 0 aliphatic heterocycles. The van der Waals surface area contributed by atoms with Crippen LogP contribution in [0.5, 0.6) is 5.75 Å². The van der Waals surface area contributed by atoms with Crippen molar-refractivity contribution in [2.45, 2.75) is 13.8 Å². The summed E-state index contributed by atoms with van der Waals surface area (Å²) in [6.07, 6.45) is 5.67. The Balaban J connectivity index is 3.35. The lowest BCUT2D eigenvalue weighted by molar-refractivity contribution is 0.473. The summed E-state index contributed by atoms with van der Waals surface area (Å²) in [5.74, 6) is 0.292. The molecule has 0 saturated carbocycles. The summed E-state index contributed by atoms with van der Waals surface area (Å²) in [6, 6.07) is 3.59. The maximum absolute atomic E-state index is 9.49. The number of phenolic OH excluding ortho intramolecular Hbond substituents is 1. The fourth-order valence-electron chi connectivity index (χ4n) is 1.35. The number of rotatable bonds is 2. The summed E-state index contributed by atoms with van der Waals surface area (Å²) >= 11 is 0. The van der Waals surface area contributed by atoms with E-state index >= 15 is 0 Å². The zero-order valence-electron chi connectivity index (χ0n) is 8.04. The number of hydrogen-bond acceptors (Lipinski definition) is 1. The van der Waals surface area contributed by atoms with Crippen molar-refractivity contribution in [1.82, 2.24) is 0 Å². The van der Waals surface area contributed by atoms with E-state index in [2.05, 4.69) is 6.58 Å². The van der Waals surface area contributed by atoms with Gasteiger partial charge in [0.1, 0.15) is 5.75 Å². The first-order valence-corrected chi connectivity index (χ1v) is 4.28. The minimum absolute atomic E-state index is 0.292. The molecule has 0 bridgehead atoms. The predicted octanol–water partition coefficient (Wildman–Crippen LogP) is 3.38. The van der Waals surface area contributed by atoms with Crippen molar-refractivity contribution in [2.24, 2.45) is 0 Å². The molecular formula is C12H14O. The van der Waals surface area contributed by atoms with E-state index in [9.17, 15) is 5.11 Å². The summed E-state index contributed by atoms with van der Waals surface area (Å²) in [5.41, 5.74) is 3.00. The number of aromatic hydroxyl groups is 1. The summed E-state index contributed by atoms with van der Waals surface area (Å²) in [4.78, 5) is 0. The van der Waals surface area contributed by atoms with Crippen LogP contribution in [0.4, 0.5) is 0 Å². The zero-order valence-corrected chi connectivity index (χ0v) is 8.04. The largest absolute Gasteiger partial charge is 0.507 e. The van der Waals surface area contributed by atoms with Crippen LogP contribution < -0.4 is 0 Å². The minimum atomic E-state index is 0.292. The average molecular weight is 174 g/mol. The van der Waals surface area contributed by atoms with Crippen LogP contribution in [0.2, 0.25) is 0 Å². The molecule has 1 rings (SSSR count). The number of allylic oxidation sites excluding steroid dienone is 1. The molecule has 1 aromatic rings. The van der Waals surface area contributed by atoms with Gasteiger partial charge in [-0.05, 0) is 31.0 Å². The SMILES string of the molecule is C=Cc1c(O)ccc(C=CC)c1C. The van der Waals surface area contributed by atoms with Gasteiger partial charge in [-0.2, -0.15) is 0 Å². The first-order chi connectivity index (χ1) is 6.20. The Kier molecular flexibility index (Phi) is 2.91. The van der Waals surface area contributed by atoms with Gasteiger partial charge in [0.2, 0.25) is 0 Å². The second-order valence-electron chi connectivity index (χ2n) is 2.92. The molecule has 0 amide bonds. The van der Waals surface area contributed by atoms with Crippen molar-refractivity contribution < 1.29 is 5.11 Å². The van der Waals surface area contributed by atoms with Gasteiger partial charge in [0, 0.05) is 5.56 Å². The topological polar surface area (TPSA) is 20.2 Å². The van der Waals surface area contributed by atoms with Crippen molar-refractivity contribution in [3.63, 3.8) is 0 Å². The summed E-state index contributed by atoms with van der Waals surface area (Å²) < 4.78 is 0. The molecule has 0 radical (unpaired) electrons. The van der Waals surface area contributed by atoms with E-state index in [4.69, 9.17) is 0 Å². The van der Waals surface area contributed by atoms with E-state index in [1.807, 2.05) is 32.1 Å². The highest BCUT2D eigenvalue weighted by atomic mass is 16.3. The lowest BCUT2D eigenvalue weighted by Gasteiger charge is -2.06. The van der Waals surface area contributed by atoms with Crippen LogP contribution in [0, 0.1) is 6.92 Å². The van der Waals surface area contributed by atoms with Crippen LogP contribution >= 0.6 is 0 Å². The maximum Gasteiger partial charge on any atom is 0.123 e. The number of phenols is 1. The van der Waals surface area contributed by atoms with Crippen molar-refractivity contribution in [3.05, 3.63) is 41.5 Å². The molecule has 1 heteroatoms. The second kappa shape index (κ2) is 3.94. The molecule has 0 atom stereocenters. The molecule has 13 heavy (non-hydrogen) atoms. The molecule has 0 heterocycles. The van der Waals surface area contributed by atoms with E-state index in [0.717, 1.165) is 16.7 Å². The molecule has 0 saturated heterocycles. The summed E-state index contributed by atoms with van der Waals surface area (Å²) in [5, 5.41) is 9.49. The van der Waals surface area contributed by atoms with Crippen molar-refractivity contribution in [2.75, 3.05) is 0 Å². The smallest absolute Gasteiger partial charge is 0.123 e. The molecule has 0 unspecified atom stereocenters. The molecule has 1 aromatic carbocycles. The standard InChI is InChI=1S/C12H14O/c1-4-6-10-7-8-12(13)11(5-2)9(10)3/h4-8,13H,2H2,1,3H3. The van der Waals surface area contributed by atoms with Crippen molar-refractivity contribution in [1.29, 1.82) is 0 Å². The minimum Gasteiger partial charge on any atom is -0.507 e. The number of hydrogen-bond donors (Lipinski definition) is 1. The van der Waals surface area contributed by atoms with Gasteiger partial charge in [-0.15, -0.1) is 0 Å². The third kappa shape index (κ3) is 1.81. The van der Waals surface area contributed by atoms with Gasteiger partial charge >= 0.3 is 0 Å². The molecular weight excluding hydrogens is 160 g/mol. The van der Waals surface area contributed by atoms with Crippen LogP contribution in [0.15, 0.2) is 24.8 Å². The van der Waals surface area contributed by atoms with Crippen LogP contribution in [0.25, 0.3) is 12.2 Å². The highest BCUT2D eigenvalue weighted by Crippen LogP contribution is 2.25. The summed E-state index contributed by atoms with van der Waals surface area (Å²) in [7, 11) is 0. The molecule has 0 aliphatic rings. The fraction of sp³-hybridized carbons (Fsp3) is 0.167. The molecule has 68 valence electrons. The first kappa shape index (κ1) is 9.59. The van der Waals surface area contributed by atoms with E-state index in [-0.39, 0.29) is 0 Å². The molecule has 1 N–H and O–H groups in total. The Labute approximate surface area is 79.0 Å². The van der Waals surface area contributed by atoms with E-state index < -0.39 is 0 Å². The lowest BCUT2D eigenvalue weighted by Crippen LogP contribution is -1.86. The Hall–Kier alpha value is -1.50. The highest BCUT2D eigenvalue weighted by molar-refractivity contribution is 5.67. The van der Waals surface area contributed by atoms with Gasteiger partial charge in [-0.25, -0.2) is 0 Å². The fourth-order valence-corrected chi connectivity index (χ4v) is 1.35. The number of benzene rings is 1. The summed E-state index contributed by atoms with van der Waals surface area (Å²) in [6.45, 7) is 7.62. The van der Waals surface area contributed by atoms with Crippen LogP contribution in [0.3, 0.4) is 0 Å². The zero-order chi connectivity index (χ0) is 9.84. The van der Waals surface area contributed by atoms with Gasteiger partial charge in [0.05, 0.1) is 0 Å². The molecule has 1 nitrogen and oxygen atoms in total.